The molecule has 1 fully saturated rings. The zero-order valence-electron chi connectivity index (χ0n) is 11.2. The van der Waals surface area contributed by atoms with Crippen LogP contribution in [0.5, 0.6) is 0 Å². The molecule has 1 aromatic rings. The van der Waals surface area contributed by atoms with Crippen LogP contribution in [-0.4, -0.2) is 25.0 Å². The Morgan fingerprint density at radius 2 is 1.82 bits per heavy atom. The minimum absolute atomic E-state index is 0.370. The van der Waals surface area contributed by atoms with E-state index in [9.17, 15) is 0 Å². The molecule has 2 heteroatoms. The van der Waals surface area contributed by atoms with Crippen molar-refractivity contribution in [2.45, 2.75) is 32.7 Å². The van der Waals surface area contributed by atoms with Crippen LogP contribution in [0.15, 0.2) is 18.2 Å². The van der Waals surface area contributed by atoms with Gasteiger partial charge in [0.05, 0.1) is 0 Å². The fourth-order valence-electron chi connectivity index (χ4n) is 2.61. The van der Waals surface area contributed by atoms with E-state index in [1.165, 1.54) is 36.1 Å². The normalized spacial score (nSPS) is 17.5. The second-order valence-corrected chi connectivity index (χ2v) is 5.56. The van der Waals surface area contributed by atoms with Crippen LogP contribution in [0.1, 0.15) is 35.6 Å². The van der Waals surface area contributed by atoms with Crippen molar-refractivity contribution in [2.24, 2.45) is 11.7 Å². The second kappa shape index (κ2) is 5.19. The van der Waals surface area contributed by atoms with Gasteiger partial charge in [-0.05, 0) is 45.2 Å². The van der Waals surface area contributed by atoms with Gasteiger partial charge in [0.15, 0.2) is 0 Å². The van der Waals surface area contributed by atoms with Crippen LogP contribution in [-0.2, 0) is 0 Å². The maximum atomic E-state index is 5.96. The lowest BCUT2D eigenvalue weighted by Gasteiger charge is -2.28. The van der Waals surface area contributed by atoms with Gasteiger partial charge in [-0.15, -0.1) is 0 Å². The Hall–Kier alpha value is -0.860. The average molecular weight is 232 g/mol. The van der Waals surface area contributed by atoms with Crippen molar-refractivity contribution in [3.8, 4) is 0 Å². The van der Waals surface area contributed by atoms with E-state index in [-0.39, 0.29) is 0 Å². The Morgan fingerprint density at radius 1 is 1.24 bits per heavy atom. The molecule has 1 unspecified atom stereocenters. The first-order chi connectivity index (χ1) is 8.10. The van der Waals surface area contributed by atoms with Crippen LogP contribution in [0.4, 0.5) is 0 Å². The van der Waals surface area contributed by atoms with Crippen molar-refractivity contribution in [3.63, 3.8) is 0 Å². The predicted octanol–water partition coefficient (Wildman–Crippen LogP) is 2.65. The Balaban J connectivity index is 2.14. The van der Waals surface area contributed by atoms with Crippen molar-refractivity contribution in [3.05, 3.63) is 34.9 Å². The summed E-state index contributed by atoms with van der Waals surface area (Å²) in [5.74, 6) is 0.917. The number of aryl methyl sites for hydroxylation is 2. The van der Waals surface area contributed by atoms with Crippen LogP contribution in [0.25, 0.3) is 0 Å². The van der Waals surface area contributed by atoms with Gasteiger partial charge in [-0.2, -0.15) is 0 Å². The van der Waals surface area contributed by atoms with Crippen molar-refractivity contribution in [2.75, 3.05) is 20.1 Å². The first-order valence-corrected chi connectivity index (χ1v) is 6.58. The molecule has 1 aliphatic carbocycles. The highest BCUT2D eigenvalue weighted by molar-refractivity contribution is 5.31. The Bertz CT molecular complexity index is 362. The van der Waals surface area contributed by atoms with Gasteiger partial charge in [0.1, 0.15) is 0 Å². The SMILES string of the molecule is Cc1cc(C)cc(C(CN)N(C)CC2CC2)c1. The number of hydrogen-bond acceptors (Lipinski definition) is 2. The third-order valence-corrected chi connectivity index (χ3v) is 3.63. The summed E-state index contributed by atoms with van der Waals surface area (Å²) in [6.45, 7) is 6.21. The Morgan fingerprint density at radius 3 is 2.29 bits per heavy atom. The molecule has 0 spiro atoms. The molecule has 2 N–H and O–H groups in total. The van der Waals surface area contributed by atoms with E-state index < -0.39 is 0 Å². The van der Waals surface area contributed by atoms with Crippen molar-refractivity contribution < 1.29 is 0 Å². The zero-order chi connectivity index (χ0) is 12.4. The Kier molecular flexibility index (Phi) is 3.85. The van der Waals surface area contributed by atoms with E-state index in [0.717, 1.165) is 5.92 Å². The molecule has 1 atom stereocenters. The number of nitrogens with two attached hydrogens (primary N) is 1. The van der Waals surface area contributed by atoms with Gasteiger partial charge < -0.3 is 5.73 Å². The van der Waals surface area contributed by atoms with Crippen LogP contribution in [0.3, 0.4) is 0 Å². The maximum Gasteiger partial charge on any atom is 0.0467 e. The van der Waals surface area contributed by atoms with E-state index >= 15 is 0 Å². The lowest BCUT2D eigenvalue weighted by atomic mass is 10.0. The molecule has 1 saturated carbocycles. The average Bonchev–Trinajstić information content (AvgIpc) is 3.01. The van der Waals surface area contributed by atoms with Gasteiger partial charge in [0, 0.05) is 19.1 Å². The van der Waals surface area contributed by atoms with Gasteiger partial charge in [-0.25, -0.2) is 0 Å². The molecular weight excluding hydrogens is 208 g/mol. The number of hydrogen-bond donors (Lipinski definition) is 1. The summed E-state index contributed by atoms with van der Waals surface area (Å²) in [5, 5.41) is 0. The molecular formula is C15H24N2. The third-order valence-electron chi connectivity index (χ3n) is 3.63. The summed E-state index contributed by atoms with van der Waals surface area (Å²) in [7, 11) is 2.20. The fourth-order valence-corrected chi connectivity index (χ4v) is 2.61. The standard InChI is InChI=1S/C15H24N2/c1-11-6-12(2)8-14(7-11)15(9-16)17(3)10-13-4-5-13/h6-8,13,15H,4-5,9-10,16H2,1-3H3. The molecule has 0 saturated heterocycles. The highest BCUT2D eigenvalue weighted by Gasteiger charge is 2.26. The van der Waals surface area contributed by atoms with Crippen molar-refractivity contribution in [1.82, 2.24) is 4.90 Å². The molecule has 1 aromatic carbocycles. The van der Waals surface area contributed by atoms with E-state index in [1.807, 2.05) is 0 Å². The summed E-state index contributed by atoms with van der Waals surface area (Å²) >= 11 is 0. The second-order valence-electron chi connectivity index (χ2n) is 5.56. The van der Waals surface area contributed by atoms with Crippen LogP contribution in [0.2, 0.25) is 0 Å². The van der Waals surface area contributed by atoms with Gasteiger partial charge in [-0.1, -0.05) is 29.3 Å². The molecule has 0 bridgehead atoms. The molecule has 2 nitrogen and oxygen atoms in total. The lowest BCUT2D eigenvalue weighted by Crippen LogP contribution is -2.32. The number of rotatable bonds is 5. The molecule has 0 heterocycles. The summed E-state index contributed by atoms with van der Waals surface area (Å²) < 4.78 is 0. The molecule has 0 radical (unpaired) electrons. The van der Waals surface area contributed by atoms with E-state index in [1.54, 1.807) is 0 Å². The zero-order valence-corrected chi connectivity index (χ0v) is 11.2. The highest BCUT2D eigenvalue weighted by Crippen LogP contribution is 2.32. The van der Waals surface area contributed by atoms with Gasteiger partial charge in [0.2, 0.25) is 0 Å². The van der Waals surface area contributed by atoms with Gasteiger partial charge in [0.25, 0.3) is 0 Å². The first-order valence-electron chi connectivity index (χ1n) is 6.58. The van der Waals surface area contributed by atoms with E-state index in [2.05, 4.69) is 44.0 Å². The predicted molar refractivity (Wildman–Crippen MR) is 73.1 cm³/mol. The minimum atomic E-state index is 0.370. The van der Waals surface area contributed by atoms with Gasteiger partial charge >= 0.3 is 0 Å². The van der Waals surface area contributed by atoms with Gasteiger partial charge in [-0.3, -0.25) is 4.90 Å². The van der Waals surface area contributed by atoms with Crippen LogP contribution < -0.4 is 5.73 Å². The maximum absolute atomic E-state index is 5.96. The topological polar surface area (TPSA) is 29.3 Å². The highest BCUT2D eigenvalue weighted by atomic mass is 15.1. The van der Waals surface area contributed by atoms with E-state index in [0.29, 0.717) is 12.6 Å². The monoisotopic (exact) mass is 232 g/mol. The molecule has 1 aliphatic rings. The van der Waals surface area contributed by atoms with E-state index in [4.69, 9.17) is 5.73 Å². The molecule has 0 amide bonds. The molecule has 0 aromatic heterocycles. The number of benzene rings is 1. The summed E-state index contributed by atoms with van der Waals surface area (Å²) in [6.07, 6.45) is 2.79. The number of likely N-dealkylation sites (N-methyl/N-ethyl adjacent to an activating group) is 1. The lowest BCUT2D eigenvalue weighted by molar-refractivity contribution is 0.240. The van der Waals surface area contributed by atoms with Crippen molar-refractivity contribution >= 4 is 0 Å². The molecule has 17 heavy (non-hydrogen) atoms. The summed E-state index contributed by atoms with van der Waals surface area (Å²) in [4.78, 5) is 2.42. The molecule has 2 rings (SSSR count). The molecule has 0 aliphatic heterocycles. The van der Waals surface area contributed by atoms with Crippen molar-refractivity contribution in [1.29, 1.82) is 0 Å². The number of nitrogens with zero attached hydrogens (tertiary/aromatic N) is 1. The fraction of sp³-hybridized carbons (Fsp3) is 0.600. The molecule has 94 valence electrons. The summed E-state index contributed by atoms with van der Waals surface area (Å²) in [6, 6.07) is 7.13. The third kappa shape index (κ3) is 3.30. The Labute approximate surface area is 105 Å². The summed E-state index contributed by atoms with van der Waals surface area (Å²) in [5.41, 5.74) is 9.99. The van der Waals surface area contributed by atoms with Crippen LogP contribution >= 0.6 is 0 Å². The smallest absolute Gasteiger partial charge is 0.0467 e. The first kappa shape index (κ1) is 12.6. The quantitative estimate of drug-likeness (QED) is 0.845. The van der Waals surface area contributed by atoms with Crippen LogP contribution in [0, 0.1) is 19.8 Å². The largest absolute Gasteiger partial charge is 0.329 e. The minimum Gasteiger partial charge on any atom is -0.329 e.